The zero-order valence-electron chi connectivity index (χ0n) is 13.2. The van der Waals surface area contributed by atoms with Gasteiger partial charge in [-0.05, 0) is 42.2 Å². The average molecular weight is 303 g/mol. The van der Waals surface area contributed by atoms with Crippen molar-refractivity contribution < 1.29 is 0 Å². The summed E-state index contributed by atoms with van der Waals surface area (Å²) in [5, 5.41) is 7.89. The van der Waals surface area contributed by atoms with Crippen LogP contribution in [0.3, 0.4) is 0 Å². The van der Waals surface area contributed by atoms with Crippen LogP contribution in [0.4, 0.5) is 0 Å². The molecule has 23 heavy (non-hydrogen) atoms. The fourth-order valence-corrected chi connectivity index (χ4v) is 3.14. The molecule has 1 aliphatic rings. The molecule has 0 aliphatic heterocycles. The van der Waals surface area contributed by atoms with Gasteiger partial charge in [0.2, 0.25) is 0 Å². The Labute approximate surface area is 137 Å². The summed E-state index contributed by atoms with van der Waals surface area (Å²) in [6.45, 7) is 1.96. The van der Waals surface area contributed by atoms with Gasteiger partial charge in [0, 0.05) is 30.9 Å². The molecule has 3 nitrogen and oxygen atoms in total. The second-order valence-electron chi connectivity index (χ2n) is 6.37. The Balaban J connectivity index is 1.35. The van der Waals surface area contributed by atoms with Crippen molar-refractivity contribution in [3.63, 3.8) is 0 Å². The van der Waals surface area contributed by atoms with E-state index in [0.29, 0.717) is 5.41 Å². The molecule has 3 heteroatoms. The topological polar surface area (TPSA) is 29.9 Å². The molecule has 2 aromatic carbocycles. The molecule has 1 aromatic heterocycles. The number of rotatable bonds is 6. The van der Waals surface area contributed by atoms with Crippen LogP contribution in [0, 0.1) is 0 Å². The molecule has 0 radical (unpaired) electrons. The van der Waals surface area contributed by atoms with Crippen molar-refractivity contribution >= 4 is 0 Å². The molecule has 116 valence electrons. The van der Waals surface area contributed by atoms with Crippen LogP contribution in [0.5, 0.6) is 0 Å². The van der Waals surface area contributed by atoms with Crippen molar-refractivity contribution in [1.29, 1.82) is 0 Å². The molecule has 0 unspecified atom stereocenters. The SMILES string of the molecule is c1ccc(C2(CNCc3ccc(-n4cccn4)cc3)CC2)cc1. The smallest absolute Gasteiger partial charge is 0.0645 e. The molecule has 1 saturated carbocycles. The molecule has 3 aromatic rings. The van der Waals surface area contributed by atoms with E-state index in [0.717, 1.165) is 18.8 Å². The fourth-order valence-electron chi connectivity index (χ4n) is 3.14. The van der Waals surface area contributed by atoms with Crippen LogP contribution >= 0.6 is 0 Å². The highest BCUT2D eigenvalue weighted by atomic mass is 15.3. The fraction of sp³-hybridized carbons (Fsp3) is 0.250. The normalized spacial score (nSPS) is 15.5. The highest BCUT2D eigenvalue weighted by Gasteiger charge is 2.43. The number of nitrogens with zero attached hydrogens (tertiary/aromatic N) is 2. The molecule has 0 saturated heterocycles. The minimum Gasteiger partial charge on any atom is -0.312 e. The molecule has 0 atom stereocenters. The van der Waals surface area contributed by atoms with Crippen LogP contribution in [0.2, 0.25) is 0 Å². The third kappa shape index (κ3) is 3.06. The lowest BCUT2D eigenvalue weighted by Gasteiger charge is -2.16. The molecule has 1 fully saturated rings. The third-order valence-electron chi connectivity index (χ3n) is 4.74. The molecule has 1 aliphatic carbocycles. The zero-order valence-corrected chi connectivity index (χ0v) is 13.2. The summed E-state index contributed by atoms with van der Waals surface area (Å²) in [5.41, 5.74) is 4.25. The first-order valence-corrected chi connectivity index (χ1v) is 8.21. The number of benzene rings is 2. The van der Waals surface area contributed by atoms with Gasteiger partial charge in [0.25, 0.3) is 0 Å². The predicted molar refractivity (Wildman–Crippen MR) is 92.6 cm³/mol. The monoisotopic (exact) mass is 303 g/mol. The van der Waals surface area contributed by atoms with Gasteiger partial charge in [-0.15, -0.1) is 0 Å². The maximum atomic E-state index is 4.25. The Morgan fingerprint density at radius 2 is 1.74 bits per heavy atom. The summed E-state index contributed by atoms with van der Waals surface area (Å²) >= 11 is 0. The summed E-state index contributed by atoms with van der Waals surface area (Å²) < 4.78 is 1.88. The van der Waals surface area contributed by atoms with Gasteiger partial charge >= 0.3 is 0 Å². The van der Waals surface area contributed by atoms with E-state index in [9.17, 15) is 0 Å². The lowest BCUT2D eigenvalue weighted by Crippen LogP contribution is -2.26. The van der Waals surface area contributed by atoms with Crippen molar-refractivity contribution in [2.45, 2.75) is 24.8 Å². The number of hydrogen-bond donors (Lipinski definition) is 1. The highest BCUT2D eigenvalue weighted by Crippen LogP contribution is 2.47. The van der Waals surface area contributed by atoms with Crippen LogP contribution in [0.25, 0.3) is 5.69 Å². The summed E-state index contributed by atoms with van der Waals surface area (Å²) in [6.07, 6.45) is 6.35. The Hall–Kier alpha value is -2.39. The molecular formula is C20H21N3. The van der Waals surface area contributed by atoms with Crippen molar-refractivity contribution in [2.75, 3.05) is 6.54 Å². The van der Waals surface area contributed by atoms with Crippen LogP contribution < -0.4 is 5.32 Å². The molecule has 4 rings (SSSR count). The number of hydrogen-bond acceptors (Lipinski definition) is 2. The molecule has 0 bridgehead atoms. The van der Waals surface area contributed by atoms with Crippen LogP contribution in [-0.2, 0) is 12.0 Å². The molecule has 0 spiro atoms. The minimum atomic E-state index is 0.371. The Kier molecular flexibility index (Phi) is 3.72. The molecular weight excluding hydrogens is 282 g/mol. The quantitative estimate of drug-likeness (QED) is 0.752. The van der Waals surface area contributed by atoms with Crippen LogP contribution in [0.15, 0.2) is 73.1 Å². The first-order valence-electron chi connectivity index (χ1n) is 8.21. The van der Waals surface area contributed by atoms with Gasteiger partial charge < -0.3 is 5.32 Å². The Morgan fingerprint density at radius 1 is 0.957 bits per heavy atom. The second-order valence-corrected chi connectivity index (χ2v) is 6.37. The van der Waals surface area contributed by atoms with Gasteiger partial charge in [0.05, 0.1) is 5.69 Å². The second kappa shape index (κ2) is 6.01. The van der Waals surface area contributed by atoms with Gasteiger partial charge in [-0.3, -0.25) is 0 Å². The third-order valence-corrected chi connectivity index (χ3v) is 4.74. The Morgan fingerprint density at radius 3 is 2.39 bits per heavy atom. The van der Waals surface area contributed by atoms with Crippen molar-refractivity contribution in [1.82, 2.24) is 15.1 Å². The zero-order chi connectivity index (χ0) is 15.5. The van der Waals surface area contributed by atoms with Gasteiger partial charge in [-0.25, -0.2) is 4.68 Å². The van der Waals surface area contributed by atoms with Gasteiger partial charge in [0.15, 0.2) is 0 Å². The first kappa shape index (κ1) is 14.2. The minimum absolute atomic E-state index is 0.371. The van der Waals surface area contributed by atoms with Crippen molar-refractivity contribution in [3.8, 4) is 5.69 Å². The van der Waals surface area contributed by atoms with E-state index in [1.54, 1.807) is 6.20 Å². The van der Waals surface area contributed by atoms with Gasteiger partial charge in [-0.1, -0.05) is 42.5 Å². The average Bonchev–Trinajstić information content (AvgIpc) is 3.19. The van der Waals surface area contributed by atoms with E-state index in [1.807, 2.05) is 16.9 Å². The van der Waals surface area contributed by atoms with E-state index in [-0.39, 0.29) is 0 Å². The summed E-state index contributed by atoms with van der Waals surface area (Å²) in [4.78, 5) is 0. The van der Waals surface area contributed by atoms with Gasteiger partial charge in [0.1, 0.15) is 0 Å². The lowest BCUT2D eigenvalue weighted by molar-refractivity contribution is 0.574. The number of aromatic nitrogens is 2. The van der Waals surface area contributed by atoms with Crippen molar-refractivity contribution in [3.05, 3.63) is 84.2 Å². The maximum Gasteiger partial charge on any atom is 0.0645 e. The highest BCUT2D eigenvalue weighted by molar-refractivity contribution is 5.34. The molecule has 1 heterocycles. The predicted octanol–water partition coefficient (Wildman–Crippen LogP) is 3.69. The lowest BCUT2D eigenvalue weighted by atomic mass is 9.96. The summed E-state index contributed by atoms with van der Waals surface area (Å²) in [5.74, 6) is 0. The maximum absolute atomic E-state index is 4.25. The standard InChI is InChI=1S/C20H21N3/c1-2-5-18(6-3-1)20(11-12-20)16-21-15-17-7-9-19(10-8-17)23-14-4-13-22-23/h1-10,13-14,21H,11-12,15-16H2. The summed E-state index contributed by atoms with van der Waals surface area (Å²) in [7, 11) is 0. The summed E-state index contributed by atoms with van der Waals surface area (Å²) in [6, 6.07) is 21.4. The Bertz CT molecular complexity index is 741. The van der Waals surface area contributed by atoms with Crippen molar-refractivity contribution in [2.24, 2.45) is 0 Å². The van der Waals surface area contributed by atoms with E-state index < -0.39 is 0 Å². The largest absolute Gasteiger partial charge is 0.312 e. The van der Waals surface area contributed by atoms with E-state index in [1.165, 1.54) is 24.0 Å². The van der Waals surface area contributed by atoms with E-state index in [2.05, 4.69) is 65.0 Å². The van der Waals surface area contributed by atoms with Gasteiger partial charge in [-0.2, -0.15) is 5.10 Å². The first-order chi connectivity index (χ1) is 11.4. The number of nitrogens with one attached hydrogen (secondary N) is 1. The van der Waals surface area contributed by atoms with Crippen LogP contribution in [0.1, 0.15) is 24.0 Å². The van der Waals surface area contributed by atoms with E-state index in [4.69, 9.17) is 0 Å². The molecule has 1 N–H and O–H groups in total. The molecule has 0 amide bonds. The van der Waals surface area contributed by atoms with E-state index >= 15 is 0 Å². The van der Waals surface area contributed by atoms with Crippen LogP contribution in [-0.4, -0.2) is 16.3 Å².